The lowest BCUT2D eigenvalue weighted by molar-refractivity contribution is -0.880. The van der Waals surface area contributed by atoms with Crippen molar-refractivity contribution < 1.29 is 23.2 Å². The molecule has 5 nitrogen and oxygen atoms in total. The van der Waals surface area contributed by atoms with Crippen molar-refractivity contribution in [2.24, 2.45) is 0 Å². The Morgan fingerprint density at radius 2 is 1.77 bits per heavy atom. The number of anilines is 2. The van der Waals surface area contributed by atoms with E-state index < -0.39 is 6.61 Å². The molecule has 2 aromatic rings. The van der Waals surface area contributed by atoms with Crippen LogP contribution in [0.15, 0.2) is 48.5 Å². The number of alkyl halides is 2. The summed E-state index contributed by atoms with van der Waals surface area (Å²) in [6, 6.07) is 13.3. The molecular formula is C19H22F2N3O2+. The molecule has 0 atom stereocenters. The zero-order valence-electron chi connectivity index (χ0n) is 14.5. The second kappa shape index (κ2) is 8.14. The van der Waals surface area contributed by atoms with E-state index in [1.807, 2.05) is 24.3 Å². The Labute approximate surface area is 151 Å². The quantitative estimate of drug-likeness (QED) is 0.854. The van der Waals surface area contributed by atoms with Crippen LogP contribution in [0.5, 0.6) is 5.75 Å². The number of para-hydroxylation sites is 2. The van der Waals surface area contributed by atoms with Gasteiger partial charge in [-0.25, -0.2) is 0 Å². The summed E-state index contributed by atoms with van der Waals surface area (Å²) in [4.78, 5) is 16.3. The van der Waals surface area contributed by atoms with Crippen molar-refractivity contribution in [1.82, 2.24) is 0 Å². The molecule has 138 valence electrons. The largest absolute Gasteiger partial charge is 0.435 e. The van der Waals surface area contributed by atoms with Crippen LogP contribution in [0.1, 0.15) is 10.4 Å². The Balaban J connectivity index is 1.71. The molecule has 26 heavy (non-hydrogen) atoms. The Kier molecular flexibility index (Phi) is 5.68. The highest BCUT2D eigenvalue weighted by Crippen LogP contribution is 2.26. The standard InChI is InChI=1S/C19H21F2N3O2/c1-23-10-12-24(13-11-23)17-5-3-2-4-16(17)22-18(25)14-6-8-15(9-7-14)26-19(20)21/h2-9,19H,10-13H2,1H3,(H,22,25)/p+1. The van der Waals surface area contributed by atoms with Crippen molar-refractivity contribution in [3.05, 3.63) is 54.1 Å². The van der Waals surface area contributed by atoms with E-state index in [9.17, 15) is 13.6 Å². The summed E-state index contributed by atoms with van der Waals surface area (Å²) in [5.74, 6) is -0.266. The number of hydrogen-bond donors (Lipinski definition) is 2. The maximum absolute atomic E-state index is 12.5. The van der Waals surface area contributed by atoms with Gasteiger partial charge in [-0.3, -0.25) is 4.79 Å². The minimum atomic E-state index is -2.88. The Bertz CT molecular complexity index is 745. The van der Waals surface area contributed by atoms with E-state index >= 15 is 0 Å². The minimum Gasteiger partial charge on any atom is -0.435 e. The van der Waals surface area contributed by atoms with Crippen LogP contribution in [0.25, 0.3) is 0 Å². The number of carbonyl (C=O) groups is 1. The number of amides is 1. The molecule has 2 N–H and O–H groups in total. The first-order valence-corrected chi connectivity index (χ1v) is 8.54. The maximum atomic E-state index is 12.5. The van der Waals surface area contributed by atoms with Crippen LogP contribution in [0.4, 0.5) is 20.2 Å². The number of rotatable bonds is 5. The molecule has 0 aromatic heterocycles. The van der Waals surface area contributed by atoms with Gasteiger partial charge in [0.25, 0.3) is 5.91 Å². The fraction of sp³-hybridized carbons (Fsp3) is 0.316. The van der Waals surface area contributed by atoms with Crippen molar-refractivity contribution in [1.29, 1.82) is 0 Å². The first-order valence-electron chi connectivity index (χ1n) is 8.54. The normalized spacial score (nSPS) is 15.2. The highest BCUT2D eigenvalue weighted by atomic mass is 19.3. The molecule has 7 heteroatoms. The van der Waals surface area contributed by atoms with E-state index in [4.69, 9.17) is 0 Å². The van der Waals surface area contributed by atoms with Gasteiger partial charge in [-0.1, -0.05) is 12.1 Å². The molecule has 1 amide bonds. The molecular weight excluding hydrogens is 340 g/mol. The molecule has 1 fully saturated rings. The third kappa shape index (κ3) is 4.49. The minimum absolute atomic E-state index is 0.0249. The Morgan fingerprint density at radius 3 is 2.42 bits per heavy atom. The van der Waals surface area contributed by atoms with Crippen LogP contribution >= 0.6 is 0 Å². The van der Waals surface area contributed by atoms with Gasteiger partial charge in [0, 0.05) is 5.56 Å². The molecule has 0 unspecified atom stereocenters. The second-order valence-corrected chi connectivity index (χ2v) is 6.32. The molecule has 0 aliphatic carbocycles. The van der Waals surface area contributed by atoms with E-state index in [1.54, 1.807) is 0 Å². The predicted octanol–water partition coefficient (Wildman–Crippen LogP) is 1.88. The molecule has 1 aliphatic heterocycles. The summed E-state index contributed by atoms with van der Waals surface area (Å²) >= 11 is 0. The first kappa shape index (κ1) is 18.1. The predicted molar refractivity (Wildman–Crippen MR) is 96.3 cm³/mol. The number of nitrogens with zero attached hydrogens (tertiary/aromatic N) is 1. The van der Waals surface area contributed by atoms with E-state index in [2.05, 4.69) is 22.0 Å². The molecule has 0 spiro atoms. The van der Waals surface area contributed by atoms with Crippen LogP contribution in [0.3, 0.4) is 0 Å². The number of ether oxygens (including phenoxy) is 1. The lowest BCUT2D eigenvalue weighted by atomic mass is 10.1. The van der Waals surface area contributed by atoms with Gasteiger partial charge in [0.15, 0.2) is 0 Å². The van der Waals surface area contributed by atoms with Gasteiger partial charge in [0.2, 0.25) is 0 Å². The first-order chi connectivity index (χ1) is 12.5. The Hall–Kier alpha value is -2.67. The summed E-state index contributed by atoms with van der Waals surface area (Å²) < 4.78 is 28.7. The van der Waals surface area contributed by atoms with Crippen LogP contribution in [-0.4, -0.2) is 45.7 Å². The maximum Gasteiger partial charge on any atom is 0.387 e. The number of piperazine rings is 1. The molecule has 0 radical (unpaired) electrons. The van der Waals surface area contributed by atoms with Crippen LogP contribution < -0.4 is 19.9 Å². The fourth-order valence-electron chi connectivity index (χ4n) is 2.97. The SMILES string of the molecule is C[NH+]1CCN(c2ccccc2NC(=O)c2ccc(OC(F)F)cc2)CC1. The molecule has 0 bridgehead atoms. The zero-order chi connectivity index (χ0) is 18.5. The van der Waals surface area contributed by atoms with Gasteiger partial charge in [-0.05, 0) is 36.4 Å². The van der Waals surface area contributed by atoms with Gasteiger partial charge < -0.3 is 19.9 Å². The summed E-state index contributed by atoms with van der Waals surface area (Å²) in [5.41, 5.74) is 2.11. The van der Waals surface area contributed by atoms with Crippen LogP contribution in [-0.2, 0) is 0 Å². The van der Waals surface area contributed by atoms with Crippen LogP contribution in [0, 0.1) is 0 Å². The molecule has 3 rings (SSSR count). The van der Waals surface area contributed by atoms with Gasteiger partial charge in [-0.15, -0.1) is 0 Å². The lowest BCUT2D eigenvalue weighted by Crippen LogP contribution is -3.12. The molecule has 0 saturated carbocycles. The summed E-state index contributed by atoms with van der Waals surface area (Å²) in [7, 11) is 2.17. The van der Waals surface area contributed by atoms with E-state index in [0.717, 1.165) is 37.6 Å². The summed E-state index contributed by atoms with van der Waals surface area (Å²) in [6.07, 6.45) is 0. The highest BCUT2D eigenvalue weighted by molar-refractivity contribution is 6.06. The third-order valence-electron chi connectivity index (χ3n) is 4.45. The molecule has 1 heterocycles. The van der Waals surface area contributed by atoms with Gasteiger partial charge in [0.05, 0.1) is 44.6 Å². The number of hydrogen-bond acceptors (Lipinski definition) is 3. The van der Waals surface area contributed by atoms with Crippen molar-refractivity contribution in [3.8, 4) is 5.75 Å². The number of carbonyl (C=O) groups excluding carboxylic acids is 1. The van der Waals surface area contributed by atoms with E-state index in [1.165, 1.54) is 29.2 Å². The van der Waals surface area contributed by atoms with Crippen molar-refractivity contribution in [3.63, 3.8) is 0 Å². The number of likely N-dealkylation sites (N-methyl/N-ethyl adjacent to an activating group) is 1. The van der Waals surface area contributed by atoms with Crippen molar-refractivity contribution in [2.75, 3.05) is 43.4 Å². The summed E-state index contributed by atoms with van der Waals surface area (Å²) in [5, 5.41) is 2.92. The van der Waals surface area contributed by atoms with Gasteiger partial charge in [-0.2, -0.15) is 8.78 Å². The average molecular weight is 362 g/mol. The number of quaternary nitrogens is 1. The molecule has 1 aliphatic rings. The monoisotopic (exact) mass is 362 g/mol. The van der Waals surface area contributed by atoms with Gasteiger partial charge in [0.1, 0.15) is 5.75 Å². The van der Waals surface area contributed by atoms with Crippen molar-refractivity contribution >= 4 is 17.3 Å². The third-order valence-corrected chi connectivity index (χ3v) is 4.45. The number of nitrogens with one attached hydrogen (secondary N) is 2. The van der Waals surface area contributed by atoms with E-state index in [0.29, 0.717) is 5.56 Å². The van der Waals surface area contributed by atoms with Gasteiger partial charge >= 0.3 is 6.61 Å². The van der Waals surface area contributed by atoms with E-state index in [-0.39, 0.29) is 11.7 Å². The fourth-order valence-corrected chi connectivity index (χ4v) is 2.97. The number of halogens is 2. The molecule has 1 saturated heterocycles. The Morgan fingerprint density at radius 1 is 1.12 bits per heavy atom. The molecule has 2 aromatic carbocycles. The van der Waals surface area contributed by atoms with Crippen molar-refractivity contribution in [2.45, 2.75) is 6.61 Å². The zero-order valence-corrected chi connectivity index (χ0v) is 14.5. The van der Waals surface area contributed by atoms with Crippen LogP contribution in [0.2, 0.25) is 0 Å². The average Bonchev–Trinajstić information content (AvgIpc) is 2.63. The number of benzene rings is 2. The summed E-state index contributed by atoms with van der Waals surface area (Å²) in [6.45, 7) is 1.07. The lowest BCUT2D eigenvalue weighted by Gasteiger charge is -2.33. The smallest absolute Gasteiger partial charge is 0.387 e. The second-order valence-electron chi connectivity index (χ2n) is 6.32. The topological polar surface area (TPSA) is 46.0 Å². The highest BCUT2D eigenvalue weighted by Gasteiger charge is 2.20.